The van der Waals surface area contributed by atoms with Gasteiger partial charge in [-0.3, -0.25) is 14.5 Å². The summed E-state index contributed by atoms with van der Waals surface area (Å²) < 4.78 is 0. The molecule has 1 aliphatic rings. The van der Waals surface area contributed by atoms with Gasteiger partial charge in [0.05, 0.1) is 5.54 Å². The first kappa shape index (κ1) is 14.0. The molecular formula is C12H22N2O3. The number of hydrogen-bond acceptors (Lipinski definition) is 3. The highest BCUT2D eigenvalue weighted by atomic mass is 16.4. The van der Waals surface area contributed by atoms with Crippen molar-refractivity contribution in [2.24, 2.45) is 0 Å². The van der Waals surface area contributed by atoms with Crippen molar-refractivity contribution >= 4 is 11.9 Å². The van der Waals surface area contributed by atoms with Crippen LogP contribution in [0, 0.1) is 0 Å². The lowest BCUT2D eigenvalue weighted by molar-refractivity contribution is -0.140. The normalized spacial score (nSPS) is 18.5. The number of carboxylic acids is 1. The number of carbonyl (C=O) groups excluding carboxylic acids is 1. The molecule has 1 fully saturated rings. The van der Waals surface area contributed by atoms with Crippen molar-refractivity contribution in [3.63, 3.8) is 0 Å². The van der Waals surface area contributed by atoms with Crippen LogP contribution in [-0.2, 0) is 9.59 Å². The van der Waals surface area contributed by atoms with Gasteiger partial charge in [-0.2, -0.15) is 0 Å². The lowest BCUT2D eigenvalue weighted by Crippen LogP contribution is -2.55. The summed E-state index contributed by atoms with van der Waals surface area (Å²) >= 11 is 0. The van der Waals surface area contributed by atoms with Gasteiger partial charge in [-0.1, -0.05) is 12.8 Å². The second-order valence-electron chi connectivity index (χ2n) is 5.04. The van der Waals surface area contributed by atoms with Crippen LogP contribution in [0.1, 0.15) is 39.5 Å². The number of nitrogens with one attached hydrogen (secondary N) is 1. The first-order valence-corrected chi connectivity index (χ1v) is 6.20. The summed E-state index contributed by atoms with van der Waals surface area (Å²) in [6, 6.07) is 0. The summed E-state index contributed by atoms with van der Waals surface area (Å²) in [7, 11) is 0. The fourth-order valence-electron chi connectivity index (χ4n) is 2.15. The number of nitrogens with zero attached hydrogens (tertiary/aromatic N) is 1. The van der Waals surface area contributed by atoms with Crippen LogP contribution in [0.15, 0.2) is 0 Å². The van der Waals surface area contributed by atoms with E-state index in [-0.39, 0.29) is 12.5 Å². The van der Waals surface area contributed by atoms with Crippen LogP contribution in [0.3, 0.4) is 0 Å². The summed E-state index contributed by atoms with van der Waals surface area (Å²) in [5, 5.41) is 11.0. The van der Waals surface area contributed by atoms with E-state index < -0.39 is 11.5 Å². The molecule has 5 heteroatoms. The third-order valence-corrected chi connectivity index (χ3v) is 3.35. The molecule has 1 saturated heterocycles. The van der Waals surface area contributed by atoms with Gasteiger partial charge in [0, 0.05) is 0 Å². The van der Waals surface area contributed by atoms with Crippen LogP contribution in [0.2, 0.25) is 0 Å². The molecule has 0 aromatic carbocycles. The minimum Gasteiger partial charge on any atom is -0.480 e. The van der Waals surface area contributed by atoms with Crippen molar-refractivity contribution in [2.45, 2.75) is 45.1 Å². The number of hydrogen-bond donors (Lipinski definition) is 2. The van der Waals surface area contributed by atoms with Gasteiger partial charge in [-0.25, -0.2) is 0 Å². The van der Waals surface area contributed by atoms with E-state index in [4.69, 9.17) is 5.11 Å². The Morgan fingerprint density at radius 1 is 1.18 bits per heavy atom. The fraction of sp³-hybridized carbons (Fsp3) is 0.833. The van der Waals surface area contributed by atoms with Crippen molar-refractivity contribution < 1.29 is 14.7 Å². The minimum atomic E-state index is -1.01. The molecule has 0 saturated carbocycles. The van der Waals surface area contributed by atoms with Crippen molar-refractivity contribution in [3.8, 4) is 0 Å². The molecule has 0 atom stereocenters. The second kappa shape index (κ2) is 6.00. The average Bonchev–Trinajstić information content (AvgIpc) is 2.54. The predicted octanol–water partition coefficient (Wildman–Crippen LogP) is 0.842. The van der Waals surface area contributed by atoms with Crippen LogP contribution in [0.25, 0.3) is 0 Å². The Bertz CT molecular complexity index is 281. The lowest BCUT2D eigenvalue weighted by Gasteiger charge is -2.36. The summed E-state index contributed by atoms with van der Waals surface area (Å²) in [6.07, 6.45) is 4.64. The number of likely N-dealkylation sites (tertiary alicyclic amines) is 1. The summed E-state index contributed by atoms with van der Waals surface area (Å²) in [6.45, 7) is 5.22. The van der Waals surface area contributed by atoms with Gasteiger partial charge in [-0.15, -0.1) is 0 Å². The molecular weight excluding hydrogens is 220 g/mol. The number of carboxylic acid groups (broad SMARTS) is 1. The van der Waals surface area contributed by atoms with Gasteiger partial charge in [0.15, 0.2) is 0 Å². The maximum Gasteiger partial charge on any atom is 0.322 e. The number of amides is 1. The van der Waals surface area contributed by atoms with E-state index in [1.807, 2.05) is 13.8 Å². The van der Waals surface area contributed by atoms with E-state index in [9.17, 15) is 9.59 Å². The Hall–Kier alpha value is -1.10. The molecule has 17 heavy (non-hydrogen) atoms. The lowest BCUT2D eigenvalue weighted by atomic mass is 10.0. The molecule has 1 aliphatic heterocycles. The smallest absolute Gasteiger partial charge is 0.322 e. The second-order valence-corrected chi connectivity index (χ2v) is 5.04. The van der Waals surface area contributed by atoms with Gasteiger partial charge in [0.1, 0.15) is 6.54 Å². The Balaban J connectivity index is 2.57. The molecule has 0 aromatic heterocycles. The topological polar surface area (TPSA) is 69.6 Å². The zero-order valence-electron chi connectivity index (χ0n) is 10.7. The molecule has 0 radical (unpaired) electrons. The van der Waals surface area contributed by atoms with Crippen molar-refractivity contribution in [3.05, 3.63) is 0 Å². The Morgan fingerprint density at radius 2 is 1.71 bits per heavy atom. The van der Waals surface area contributed by atoms with Gasteiger partial charge in [0.2, 0.25) is 5.91 Å². The van der Waals surface area contributed by atoms with Crippen molar-refractivity contribution in [1.29, 1.82) is 0 Å². The predicted molar refractivity (Wildman–Crippen MR) is 64.8 cm³/mol. The zero-order valence-corrected chi connectivity index (χ0v) is 10.7. The van der Waals surface area contributed by atoms with Crippen molar-refractivity contribution in [2.75, 3.05) is 19.6 Å². The molecule has 0 bridgehead atoms. The maximum atomic E-state index is 12.0. The molecule has 2 N–H and O–H groups in total. The van der Waals surface area contributed by atoms with Crippen LogP contribution >= 0.6 is 0 Å². The van der Waals surface area contributed by atoms with Crippen molar-refractivity contribution in [1.82, 2.24) is 10.2 Å². The van der Waals surface area contributed by atoms with E-state index in [0.717, 1.165) is 25.9 Å². The van der Waals surface area contributed by atoms with Crippen LogP contribution in [0.4, 0.5) is 0 Å². The van der Waals surface area contributed by atoms with E-state index in [1.165, 1.54) is 12.8 Å². The SMILES string of the molecule is CC(C)(C(=O)NCC(=O)O)N1CCCCCC1. The number of carbonyl (C=O) groups is 2. The molecule has 0 aliphatic carbocycles. The van der Waals surface area contributed by atoms with E-state index in [2.05, 4.69) is 10.2 Å². The summed E-state index contributed by atoms with van der Waals surface area (Å²) in [5.74, 6) is -1.22. The highest BCUT2D eigenvalue weighted by molar-refractivity contribution is 5.88. The zero-order chi connectivity index (χ0) is 12.9. The van der Waals surface area contributed by atoms with Gasteiger partial charge in [-0.05, 0) is 39.8 Å². The van der Waals surface area contributed by atoms with Crippen LogP contribution < -0.4 is 5.32 Å². The molecule has 0 spiro atoms. The third kappa shape index (κ3) is 4.00. The Kier molecular flexibility index (Phi) is 4.93. The monoisotopic (exact) mass is 242 g/mol. The van der Waals surface area contributed by atoms with E-state index >= 15 is 0 Å². The molecule has 1 amide bonds. The van der Waals surface area contributed by atoms with Gasteiger partial charge < -0.3 is 10.4 Å². The average molecular weight is 242 g/mol. The molecule has 98 valence electrons. The third-order valence-electron chi connectivity index (χ3n) is 3.35. The quantitative estimate of drug-likeness (QED) is 0.766. The van der Waals surface area contributed by atoms with E-state index in [1.54, 1.807) is 0 Å². The molecule has 5 nitrogen and oxygen atoms in total. The molecule has 0 unspecified atom stereocenters. The first-order valence-electron chi connectivity index (χ1n) is 6.20. The number of rotatable bonds is 4. The van der Waals surface area contributed by atoms with Crippen LogP contribution in [0.5, 0.6) is 0 Å². The highest BCUT2D eigenvalue weighted by Crippen LogP contribution is 2.20. The van der Waals surface area contributed by atoms with Gasteiger partial charge >= 0.3 is 5.97 Å². The minimum absolute atomic E-state index is 0.207. The highest BCUT2D eigenvalue weighted by Gasteiger charge is 2.34. The fourth-order valence-corrected chi connectivity index (χ4v) is 2.15. The standard InChI is InChI=1S/C12H22N2O3/c1-12(2,11(17)13-9-10(15)16)14-7-5-3-4-6-8-14/h3-9H2,1-2H3,(H,13,17)(H,15,16). The molecule has 0 aromatic rings. The Morgan fingerprint density at radius 3 is 2.18 bits per heavy atom. The Labute approximate surface area is 102 Å². The summed E-state index contributed by atoms with van der Waals surface area (Å²) in [4.78, 5) is 24.5. The molecule has 1 rings (SSSR count). The number of aliphatic carboxylic acids is 1. The molecule has 1 heterocycles. The van der Waals surface area contributed by atoms with Gasteiger partial charge in [0.25, 0.3) is 0 Å². The first-order chi connectivity index (χ1) is 7.94. The maximum absolute atomic E-state index is 12.0. The summed E-state index contributed by atoms with van der Waals surface area (Å²) in [5.41, 5.74) is -0.625. The largest absolute Gasteiger partial charge is 0.480 e. The van der Waals surface area contributed by atoms with E-state index in [0.29, 0.717) is 0 Å². The van der Waals surface area contributed by atoms with Crippen LogP contribution in [-0.4, -0.2) is 47.1 Å².